The average molecular weight is 254 g/mol. The molecule has 1 aromatic rings. The molecule has 1 amide bonds. The summed E-state index contributed by atoms with van der Waals surface area (Å²) in [7, 11) is 0. The number of benzene rings is 1. The maximum absolute atomic E-state index is 11.1. The van der Waals surface area contributed by atoms with Gasteiger partial charge in [-0.25, -0.2) is 0 Å². The van der Waals surface area contributed by atoms with E-state index in [0.717, 1.165) is 10.0 Å². The van der Waals surface area contributed by atoms with Gasteiger partial charge in [-0.1, -0.05) is 15.9 Å². The Balaban J connectivity index is 2.54. The summed E-state index contributed by atoms with van der Waals surface area (Å²) >= 11 is 3.33. The summed E-state index contributed by atoms with van der Waals surface area (Å²) < 4.78 is 6.29. The molecule has 1 aliphatic heterocycles. The SMILES string of the molecule is NC(=O)C1=CCOc2cc(Br)ccc21. The van der Waals surface area contributed by atoms with Crippen molar-refractivity contribution in [3.8, 4) is 5.75 Å². The molecule has 0 fully saturated rings. The zero-order valence-corrected chi connectivity index (χ0v) is 8.87. The second-order valence-corrected chi connectivity index (χ2v) is 3.85. The normalized spacial score (nSPS) is 13.9. The van der Waals surface area contributed by atoms with Gasteiger partial charge in [0, 0.05) is 15.6 Å². The summed E-state index contributed by atoms with van der Waals surface area (Å²) in [5.74, 6) is 0.271. The topological polar surface area (TPSA) is 52.3 Å². The van der Waals surface area contributed by atoms with Crippen LogP contribution in [0, 0.1) is 0 Å². The predicted octanol–water partition coefficient (Wildman–Crippen LogP) is 1.71. The molecule has 3 nitrogen and oxygen atoms in total. The summed E-state index contributed by atoms with van der Waals surface area (Å²) in [6.45, 7) is 0.391. The zero-order valence-electron chi connectivity index (χ0n) is 7.29. The van der Waals surface area contributed by atoms with E-state index in [2.05, 4.69) is 15.9 Å². The molecular weight excluding hydrogens is 246 g/mol. The smallest absolute Gasteiger partial charge is 0.249 e. The van der Waals surface area contributed by atoms with E-state index in [1.54, 1.807) is 6.08 Å². The number of rotatable bonds is 1. The first-order chi connectivity index (χ1) is 6.68. The van der Waals surface area contributed by atoms with E-state index in [9.17, 15) is 4.79 Å². The third-order valence-corrected chi connectivity index (χ3v) is 2.52. The molecule has 14 heavy (non-hydrogen) atoms. The number of primary amides is 1. The standard InChI is InChI=1S/C10H8BrNO2/c11-6-1-2-7-8(10(12)13)3-4-14-9(7)5-6/h1-3,5H,4H2,(H2,12,13). The third-order valence-electron chi connectivity index (χ3n) is 2.03. The number of ether oxygens (including phenoxy) is 1. The van der Waals surface area contributed by atoms with Gasteiger partial charge in [-0.05, 0) is 24.3 Å². The van der Waals surface area contributed by atoms with Crippen LogP contribution in [0.25, 0.3) is 5.57 Å². The van der Waals surface area contributed by atoms with E-state index in [4.69, 9.17) is 10.5 Å². The van der Waals surface area contributed by atoms with Crippen LogP contribution in [0.3, 0.4) is 0 Å². The first-order valence-electron chi connectivity index (χ1n) is 4.11. The quantitative estimate of drug-likeness (QED) is 0.829. The van der Waals surface area contributed by atoms with E-state index in [0.29, 0.717) is 17.9 Å². The number of hydrogen-bond acceptors (Lipinski definition) is 2. The van der Waals surface area contributed by atoms with Crippen LogP contribution in [0.4, 0.5) is 0 Å². The van der Waals surface area contributed by atoms with Crippen molar-refractivity contribution in [3.63, 3.8) is 0 Å². The van der Waals surface area contributed by atoms with E-state index in [1.807, 2.05) is 18.2 Å². The van der Waals surface area contributed by atoms with Crippen molar-refractivity contribution in [3.05, 3.63) is 34.3 Å². The van der Waals surface area contributed by atoms with Crippen LogP contribution in [0.2, 0.25) is 0 Å². The van der Waals surface area contributed by atoms with Crippen molar-refractivity contribution in [2.75, 3.05) is 6.61 Å². The minimum Gasteiger partial charge on any atom is -0.489 e. The molecule has 0 bridgehead atoms. The summed E-state index contributed by atoms with van der Waals surface area (Å²) in [6.07, 6.45) is 1.69. The lowest BCUT2D eigenvalue weighted by molar-refractivity contribution is -0.112. The number of fused-ring (bicyclic) bond motifs is 1. The van der Waals surface area contributed by atoms with Crippen LogP contribution in [0.5, 0.6) is 5.75 Å². The number of nitrogens with two attached hydrogens (primary N) is 1. The van der Waals surface area contributed by atoms with Crippen LogP contribution < -0.4 is 10.5 Å². The summed E-state index contributed by atoms with van der Waals surface area (Å²) in [6, 6.07) is 5.49. The van der Waals surface area contributed by atoms with Crippen LogP contribution in [-0.4, -0.2) is 12.5 Å². The van der Waals surface area contributed by atoms with Crippen molar-refractivity contribution < 1.29 is 9.53 Å². The van der Waals surface area contributed by atoms with E-state index in [-0.39, 0.29) is 0 Å². The zero-order chi connectivity index (χ0) is 10.1. The number of carbonyl (C=O) groups excluding carboxylic acids is 1. The van der Waals surface area contributed by atoms with Gasteiger partial charge in [0.25, 0.3) is 0 Å². The molecule has 72 valence electrons. The lowest BCUT2D eigenvalue weighted by Crippen LogP contribution is -2.17. The fourth-order valence-electron chi connectivity index (χ4n) is 1.40. The first-order valence-corrected chi connectivity index (χ1v) is 4.90. The molecule has 0 unspecified atom stereocenters. The number of halogens is 1. The molecule has 2 N–H and O–H groups in total. The first kappa shape index (κ1) is 9.27. The molecular formula is C10H8BrNO2. The molecule has 0 spiro atoms. The molecule has 0 saturated heterocycles. The highest BCUT2D eigenvalue weighted by Gasteiger charge is 2.17. The highest BCUT2D eigenvalue weighted by Crippen LogP contribution is 2.31. The van der Waals surface area contributed by atoms with E-state index < -0.39 is 5.91 Å². The number of amides is 1. The molecule has 2 rings (SSSR count). The van der Waals surface area contributed by atoms with Crippen LogP contribution in [-0.2, 0) is 4.79 Å². The second-order valence-electron chi connectivity index (χ2n) is 2.93. The average Bonchev–Trinajstić information content (AvgIpc) is 2.16. The minimum atomic E-state index is -0.420. The number of hydrogen-bond donors (Lipinski definition) is 1. The fraction of sp³-hybridized carbons (Fsp3) is 0.100. The van der Waals surface area contributed by atoms with Gasteiger partial charge < -0.3 is 10.5 Å². The van der Waals surface area contributed by atoms with Crippen molar-refractivity contribution >= 4 is 27.4 Å². The Kier molecular flexibility index (Phi) is 2.29. The van der Waals surface area contributed by atoms with Gasteiger partial charge in [0.15, 0.2) is 0 Å². The van der Waals surface area contributed by atoms with Gasteiger partial charge in [0.2, 0.25) is 5.91 Å². The third kappa shape index (κ3) is 1.53. The Labute approximate surface area is 89.7 Å². The largest absolute Gasteiger partial charge is 0.489 e. The molecule has 0 atom stereocenters. The van der Waals surface area contributed by atoms with Crippen molar-refractivity contribution in [2.24, 2.45) is 5.73 Å². The summed E-state index contributed by atoms with van der Waals surface area (Å²) in [5, 5.41) is 0. The Morgan fingerprint density at radius 1 is 1.50 bits per heavy atom. The molecule has 1 aliphatic rings. The molecule has 1 heterocycles. The highest BCUT2D eigenvalue weighted by molar-refractivity contribution is 9.10. The molecule has 4 heteroatoms. The van der Waals surface area contributed by atoms with Crippen LogP contribution in [0.1, 0.15) is 5.56 Å². The van der Waals surface area contributed by atoms with Gasteiger partial charge >= 0.3 is 0 Å². The van der Waals surface area contributed by atoms with E-state index in [1.165, 1.54) is 0 Å². The van der Waals surface area contributed by atoms with Crippen LogP contribution in [0.15, 0.2) is 28.7 Å². The fourth-order valence-corrected chi connectivity index (χ4v) is 1.74. The lowest BCUT2D eigenvalue weighted by Gasteiger charge is -2.16. The summed E-state index contributed by atoms with van der Waals surface area (Å²) in [5.41, 5.74) is 6.53. The minimum absolute atomic E-state index is 0.391. The molecule has 0 radical (unpaired) electrons. The van der Waals surface area contributed by atoms with Gasteiger partial charge in [-0.3, -0.25) is 4.79 Å². The highest BCUT2D eigenvalue weighted by atomic mass is 79.9. The van der Waals surface area contributed by atoms with Gasteiger partial charge in [0.1, 0.15) is 12.4 Å². The lowest BCUT2D eigenvalue weighted by atomic mass is 10.0. The molecule has 1 aromatic carbocycles. The Morgan fingerprint density at radius 3 is 3.00 bits per heavy atom. The predicted molar refractivity (Wildman–Crippen MR) is 56.8 cm³/mol. The molecule has 0 aliphatic carbocycles. The van der Waals surface area contributed by atoms with Gasteiger partial charge in [-0.2, -0.15) is 0 Å². The maximum atomic E-state index is 11.1. The maximum Gasteiger partial charge on any atom is 0.249 e. The Bertz CT molecular complexity index is 426. The molecule has 0 aromatic heterocycles. The number of carbonyl (C=O) groups is 1. The monoisotopic (exact) mass is 253 g/mol. The van der Waals surface area contributed by atoms with Crippen molar-refractivity contribution in [1.82, 2.24) is 0 Å². The van der Waals surface area contributed by atoms with Gasteiger partial charge in [-0.15, -0.1) is 0 Å². The van der Waals surface area contributed by atoms with Crippen molar-refractivity contribution in [1.29, 1.82) is 0 Å². The van der Waals surface area contributed by atoms with E-state index >= 15 is 0 Å². The van der Waals surface area contributed by atoms with Crippen LogP contribution >= 0.6 is 15.9 Å². The van der Waals surface area contributed by atoms with Crippen molar-refractivity contribution in [2.45, 2.75) is 0 Å². The Morgan fingerprint density at radius 2 is 2.29 bits per heavy atom. The van der Waals surface area contributed by atoms with Gasteiger partial charge in [0.05, 0.1) is 0 Å². The Hall–Kier alpha value is -1.29. The summed E-state index contributed by atoms with van der Waals surface area (Å²) in [4.78, 5) is 11.1. The molecule has 0 saturated carbocycles. The second kappa shape index (κ2) is 3.46.